The molecule has 0 aliphatic heterocycles. The van der Waals surface area contributed by atoms with E-state index >= 15 is 0 Å². The first kappa shape index (κ1) is 17.0. The van der Waals surface area contributed by atoms with Crippen LogP contribution in [0.15, 0.2) is 60.3 Å². The first-order valence-corrected chi connectivity index (χ1v) is 7.28. The van der Waals surface area contributed by atoms with Crippen LogP contribution < -0.4 is 10.6 Å². The standard InChI is InChI=1S/C18H16FN3O2/c19-15-6-2-1-5-13(15)9-10-21-12-14(11-20)18(24)22-16-7-3-4-8-17(16)23/h1-8,12,21,23H,9-10H2,(H,22,24)/b14-12-. The van der Waals surface area contributed by atoms with E-state index in [0.29, 0.717) is 18.5 Å². The zero-order valence-corrected chi connectivity index (χ0v) is 12.8. The number of anilines is 1. The van der Waals surface area contributed by atoms with Crippen molar-refractivity contribution < 1.29 is 14.3 Å². The normalized spacial score (nSPS) is 10.8. The number of phenolic OH excluding ortho intramolecular Hbond substituents is 1. The third-order valence-electron chi connectivity index (χ3n) is 3.26. The van der Waals surface area contributed by atoms with Gasteiger partial charge in [-0.25, -0.2) is 4.39 Å². The van der Waals surface area contributed by atoms with Gasteiger partial charge in [-0.2, -0.15) is 5.26 Å². The number of carbonyl (C=O) groups excluding carboxylic acids is 1. The highest BCUT2D eigenvalue weighted by molar-refractivity contribution is 6.07. The van der Waals surface area contributed by atoms with E-state index in [1.807, 2.05) is 0 Å². The minimum atomic E-state index is -0.641. The van der Waals surface area contributed by atoms with Gasteiger partial charge in [0.05, 0.1) is 5.69 Å². The van der Waals surface area contributed by atoms with Crippen LogP contribution >= 0.6 is 0 Å². The van der Waals surface area contributed by atoms with Gasteiger partial charge >= 0.3 is 0 Å². The molecule has 24 heavy (non-hydrogen) atoms. The third kappa shape index (κ3) is 4.58. The number of amides is 1. The van der Waals surface area contributed by atoms with E-state index in [2.05, 4.69) is 10.6 Å². The predicted octanol–water partition coefficient (Wildman–Crippen LogP) is 2.71. The SMILES string of the molecule is N#C/C(=C/NCCc1ccccc1F)C(=O)Nc1ccccc1O. The fourth-order valence-corrected chi connectivity index (χ4v) is 2.00. The Balaban J connectivity index is 1.92. The van der Waals surface area contributed by atoms with Crippen LogP contribution in [0.3, 0.4) is 0 Å². The molecule has 122 valence electrons. The minimum absolute atomic E-state index is 0.0874. The first-order valence-electron chi connectivity index (χ1n) is 7.28. The highest BCUT2D eigenvalue weighted by Crippen LogP contribution is 2.21. The number of nitrogens with one attached hydrogen (secondary N) is 2. The van der Waals surface area contributed by atoms with E-state index in [-0.39, 0.29) is 22.8 Å². The van der Waals surface area contributed by atoms with Crippen molar-refractivity contribution in [1.29, 1.82) is 5.26 Å². The molecule has 0 aliphatic rings. The number of carbonyl (C=O) groups is 1. The van der Waals surface area contributed by atoms with Crippen LogP contribution in [0.25, 0.3) is 0 Å². The molecule has 3 N–H and O–H groups in total. The van der Waals surface area contributed by atoms with Gasteiger partial charge in [0, 0.05) is 12.7 Å². The highest BCUT2D eigenvalue weighted by atomic mass is 19.1. The Bertz CT molecular complexity index is 797. The predicted molar refractivity (Wildman–Crippen MR) is 88.5 cm³/mol. The van der Waals surface area contributed by atoms with Crippen molar-refractivity contribution in [2.24, 2.45) is 0 Å². The van der Waals surface area contributed by atoms with E-state index < -0.39 is 5.91 Å². The zero-order valence-electron chi connectivity index (χ0n) is 12.8. The van der Waals surface area contributed by atoms with Crippen molar-refractivity contribution >= 4 is 11.6 Å². The molecule has 2 rings (SSSR count). The molecule has 0 aromatic heterocycles. The monoisotopic (exact) mass is 325 g/mol. The van der Waals surface area contributed by atoms with Gasteiger partial charge in [-0.1, -0.05) is 30.3 Å². The summed E-state index contributed by atoms with van der Waals surface area (Å²) in [5.74, 6) is -1.02. The largest absolute Gasteiger partial charge is 0.506 e. The summed E-state index contributed by atoms with van der Waals surface area (Å²) < 4.78 is 13.5. The molecule has 0 aliphatic carbocycles. The van der Waals surface area contributed by atoms with Crippen molar-refractivity contribution in [2.45, 2.75) is 6.42 Å². The topological polar surface area (TPSA) is 85.2 Å². The van der Waals surface area contributed by atoms with Crippen molar-refractivity contribution in [3.8, 4) is 11.8 Å². The number of phenols is 1. The molecular weight excluding hydrogens is 309 g/mol. The Hall–Kier alpha value is -3.33. The molecule has 0 unspecified atom stereocenters. The van der Waals surface area contributed by atoms with Crippen molar-refractivity contribution in [3.63, 3.8) is 0 Å². The molecular formula is C18H16FN3O2. The summed E-state index contributed by atoms with van der Waals surface area (Å²) in [6.45, 7) is 0.371. The second-order valence-corrected chi connectivity index (χ2v) is 4.94. The lowest BCUT2D eigenvalue weighted by Crippen LogP contribution is -2.18. The van der Waals surface area contributed by atoms with Crippen LogP contribution in [-0.2, 0) is 11.2 Å². The Morgan fingerprint density at radius 1 is 1.21 bits per heavy atom. The summed E-state index contributed by atoms with van der Waals surface area (Å²) in [6, 6.07) is 14.4. The Kier molecular flexibility index (Phi) is 5.92. The van der Waals surface area contributed by atoms with E-state index in [9.17, 15) is 14.3 Å². The average molecular weight is 325 g/mol. The Labute approximate surface area is 139 Å². The number of para-hydroxylation sites is 2. The number of aromatic hydroxyl groups is 1. The maximum absolute atomic E-state index is 13.5. The van der Waals surface area contributed by atoms with Crippen molar-refractivity contribution in [2.75, 3.05) is 11.9 Å². The fourth-order valence-electron chi connectivity index (χ4n) is 2.00. The third-order valence-corrected chi connectivity index (χ3v) is 3.26. The van der Waals surface area contributed by atoms with Crippen molar-refractivity contribution in [1.82, 2.24) is 5.32 Å². The number of hydrogen-bond donors (Lipinski definition) is 3. The molecule has 2 aromatic carbocycles. The molecule has 0 fully saturated rings. The molecule has 2 aromatic rings. The number of halogens is 1. The lowest BCUT2D eigenvalue weighted by molar-refractivity contribution is -0.112. The number of rotatable bonds is 6. The minimum Gasteiger partial charge on any atom is -0.506 e. The molecule has 0 saturated heterocycles. The van der Waals surface area contributed by atoms with Gasteiger partial charge < -0.3 is 15.7 Å². The molecule has 1 amide bonds. The molecule has 5 nitrogen and oxygen atoms in total. The molecule has 0 saturated carbocycles. The average Bonchev–Trinajstić information content (AvgIpc) is 2.58. The molecule has 0 heterocycles. The van der Waals surface area contributed by atoms with Gasteiger partial charge in [0.1, 0.15) is 23.2 Å². The quantitative estimate of drug-likeness (QED) is 0.330. The van der Waals surface area contributed by atoms with Gasteiger partial charge in [-0.05, 0) is 30.2 Å². The van der Waals surface area contributed by atoms with Gasteiger partial charge in [-0.3, -0.25) is 4.79 Å². The van der Waals surface area contributed by atoms with Crippen LogP contribution in [0.4, 0.5) is 10.1 Å². The lowest BCUT2D eigenvalue weighted by atomic mass is 10.1. The van der Waals surface area contributed by atoms with Crippen LogP contribution in [0, 0.1) is 17.1 Å². The van der Waals surface area contributed by atoms with Crippen molar-refractivity contribution in [3.05, 3.63) is 71.7 Å². The molecule has 0 atom stereocenters. The Morgan fingerprint density at radius 3 is 2.62 bits per heavy atom. The van der Waals surface area contributed by atoms with Gasteiger partial charge in [0.15, 0.2) is 0 Å². The highest BCUT2D eigenvalue weighted by Gasteiger charge is 2.11. The summed E-state index contributed by atoms with van der Waals surface area (Å²) >= 11 is 0. The molecule has 0 radical (unpaired) electrons. The second kappa shape index (κ2) is 8.34. The maximum Gasteiger partial charge on any atom is 0.267 e. The number of nitriles is 1. The summed E-state index contributed by atoms with van der Waals surface area (Å²) in [7, 11) is 0. The fraction of sp³-hybridized carbons (Fsp3) is 0.111. The molecule has 0 spiro atoms. The van der Waals surface area contributed by atoms with E-state index in [4.69, 9.17) is 5.26 Å². The van der Waals surface area contributed by atoms with E-state index in [0.717, 1.165) is 0 Å². The summed E-state index contributed by atoms with van der Waals surface area (Å²) in [4.78, 5) is 12.0. The molecule has 6 heteroatoms. The lowest BCUT2D eigenvalue weighted by Gasteiger charge is -2.07. The molecule has 0 bridgehead atoms. The number of hydrogen-bond acceptors (Lipinski definition) is 4. The first-order chi connectivity index (χ1) is 11.6. The zero-order chi connectivity index (χ0) is 17.4. The summed E-state index contributed by atoms with van der Waals surface area (Å²) in [5.41, 5.74) is 0.623. The second-order valence-electron chi connectivity index (χ2n) is 4.94. The Morgan fingerprint density at radius 2 is 1.92 bits per heavy atom. The van der Waals surface area contributed by atoms with E-state index in [1.54, 1.807) is 36.4 Å². The summed E-state index contributed by atoms with van der Waals surface area (Å²) in [5, 5.41) is 23.9. The van der Waals surface area contributed by atoms with Gasteiger partial charge in [0.2, 0.25) is 0 Å². The van der Waals surface area contributed by atoms with Crippen LogP contribution in [-0.4, -0.2) is 17.6 Å². The number of benzene rings is 2. The van der Waals surface area contributed by atoms with Gasteiger partial charge in [-0.15, -0.1) is 0 Å². The van der Waals surface area contributed by atoms with Gasteiger partial charge in [0.25, 0.3) is 5.91 Å². The van der Waals surface area contributed by atoms with Crippen LogP contribution in [0.5, 0.6) is 5.75 Å². The van der Waals surface area contributed by atoms with E-state index in [1.165, 1.54) is 24.4 Å². The summed E-state index contributed by atoms with van der Waals surface area (Å²) in [6.07, 6.45) is 1.69. The smallest absolute Gasteiger partial charge is 0.267 e. The van der Waals surface area contributed by atoms with Crippen LogP contribution in [0.2, 0.25) is 0 Å². The van der Waals surface area contributed by atoms with Crippen LogP contribution in [0.1, 0.15) is 5.56 Å². The number of nitrogens with zero attached hydrogens (tertiary/aromatic N) is 1. The maximum atomic E-state index is 13.5.